The first-order valence-electron chi connectivity index (χ1n) is 10.7. The van der Waals surface area contributed by atoms with Crippen LogP contribution in [-0.4, -0.2) is 65.2 Å². The lowest BCUT2D eigenvalue weighted by Crippen LogP contribution is -2.39. The summed E-state index contributed by atoms with van der Waals surface area (Å²) in [6, 6.07) is 6.04. The fourth-order valence-corrected chi connectivity index (χ4v) is 4.11. The molecular weight excluding hydrogens is 410 g/mol. The van der Waals surface area contributed by atoms with Crippen molar-refractivity contribution in [2.45, 2.75) is 25.9 Å². The van der Waals surface area contributed by atoms with Crippen LogP contribution in [0.2, 0.25) is 0 Å². The van der Waals surface area contributed by atoms with Crippen LogP contribution in [0.25, 0.3) is 17.2 Å². The number of methoxy groups -OCH3 is 1. The quantitative estimate of drug-likeness (QED) is 0.653. The number of aryl methyl sites for hydroxylation is 2. The SMILES string of the molecule is COc1ccc2c(c1)CCc1cnc(-n3ncc(C(=O)NCC4COCCO4)c3C)nc1-2. The molecule has 1 fully saturated rings. The van der Waals surface area contributed by atoms with E-state index in [1.165, 1.54) is 5.56 Å². The predicted molar refractivity (Wildman–Crippen MR) is 116 cm³/mol. The number of nitrogens with zero attached hydrogens (tertiary/aromatic N) is 4. The fraction of sp³-hybridized carbons (Fsp3) is 0.391. The van der Waals surface area contributed by atoms with Gasteiger partial charge in [-0.25, -0.2) is 14.6 Å². The number of benzene rings is 1. The molecule has 2 aliphatic rings. The average Bonchev–Trinajstić information content (AvgIpc) is 3.23. The maximum atomic E-state index is 12.7. The molecule has 3 heterocycles. The molecule has 0 radical (unpaired) electrons. The molecule has 1 amide bonds. The van der Waals surface area contributed by atoms with E-state index in [4.69, 9.17) is 19.2 Å². The molecule has 1 aromatic carbocycles. The minimum atomic E-state index is -0.210. The molecule has 1 aliphatic carbocycles. The average molecular weight is 435 g/mol. The third-order valence-corrected chi connectivity index (χ3v) is 5.90. The minimum Gasteiger partial charge on any atom is -0.497 e. The first-order valence-corrected chi connectivity index (χ1v) is 10.7. The van der Waals surface area contributed by atoms with Crippen molar-refractivity contribution in [3.05, 3.63) is 53.0 Å². The summed E-state index contributed by atoms with van der Waals surface area (Å²) >= 11 is 0. The largest absolute Gasteiger partial charge is 0.497 e. The van der Waals surface area contributed by atoms with Crippen LogP contribution in [0.4, 0.5) is 0 Å². The molecular formula is C23H25N5O4. The molecule has 9 nitrogen and oxygen atoms in total. The van der Waals surface area contributed by atoms with E-state index in [0.29, 0.717) is 43.6 Å². The standard InChI is InChI=1S/C23H25N5O4/c1-14-20(22(29)24-11-18-13-31-7-8-32-18)12-26-28(14)23-25-10-16-4-3-15-9-17(30-2)5-6-19(15)21(16)27-23/h5-6,9-10,12,18H,3-4,7-8,11,13H2,1-2H3,(H,24,29). The summed E-state index contributed by atoms with van der Waals surface area (Å²) in [5.41, 5.74) is 5.43. The van der Waals surface area contributed by atoms with Crippen LogP contribution in [0.15, 0.2) is 30.6 Å². The molecule has 5 rings (SSSR count). The zero-order chi connectivity index (χ0) is 22.1. The highest BCUT2D eigenvalue weighted by atomic mass is 16.6. The third-order valence-electron chi connectivity index (χ3n) is 5.90. The minimum absolute atomic E-state index is 0.134. The van der Waals surface area contributed by atoms with Crippen LogP contribution < -0.4 is 10.1 Å². The molecule has 1 N–H and O–H groups in total. The van der Waals surface area contributed by atoms with E-state index in [-0.39, 0.29) is 12.0 Å². The number of nitrogens with one attached hydrogen (secondary N) is 1. The van der Waals surface area contributed by atoms with E-state index in [1.54, 1.807) is 18.0 Å². The van der Waals surface area contributed by atoms with Crippen LogP contribution in [0.5, 0.6) is 5.75 Å². The molecule has 32 heavy (non-hydrogen) atoms. The monoisotopic (exact) mass is 435 g/mol. The molecule has 1 atom stereocenters. The summed E-state index contributed by atoms with van der Waals surface area (Å²) in [5, 5.41) is 7.29. The first-order chi connectivity index (χ1) is 15.6. The number of carbonyl (C=O) groups is 1. The Morgan fingerprint density at radius 3 is 2.94 bits per heavy atom. The summed E-state index contributed by atoms with van der Waals surface area (Å²) in [4.78, 5) is 22.0. The molecule has 1 aliphatic heterocycles. The van der Waals surface area contributed by atoms with E-state index in [1.807, 2.05) is 25.3 Å². The molecule has 9 heteroatoms. The Bertz CT molecular complexity index is 1150. The summed E-state index contributed by atoms with van der Waals surface area (Å²) < 4.78 is 17.9. The van der Waals surface area contributed by atoms with Crippen molar-refractivity contribution < 1.29 is 19.0 Å². The molecule has 1 unspecified atom stereocenters. The van der Waals surface area contributed by atoms with Crippen LogP contribution >= 0.6 is 0 Å². The van der Waals surface area contributed by atoms with Gasteiger partial charge in [-0.1, -0.05) is 0 Å². The lowest BCUT2D eigenvalue weighted by molar-refractivity contribution is -0.0855. The van der Waals surface area contributed by atoms with Crippen LogP contribution in [0, 0.1) is 6.92 Å². The Hall–Kier alpha value is -3.30. The Balaban J connectivity index is 1.39. The number of amides is 1. The Labute approximate surface area is 185 Å². The topological polar surface area (TPSA) is 100 Å². The molecule has 0 bridgehead atoms. The van der Waals surface area contributed by atoms with Gasteiger partial charge in [-0.05, 0) is 49.1 Å². The van der Waals surface area contributed by atoms with Gasteiger partial charge in [-0.15, -0.1) is 0 Å². The van der Waals surface area contributed by atoms with Crippen molar-refractivity contribution in [2.24, 2.45) is 0 Å². The van der Waals surface area contributed by atoms with Crippen molar-refractivity contribution >= 4 is 5.91 Å². The van der Waals surface area contributed by atoms with E-state index in [0.717, 1.165) is 35.4 Å². The number of hydrogen-bond donors (Lipinski definition) is 1. The Kier molecular flexibility index (Phi) is 5.59. The maximum Gasteiger partial charge on any atom is 0.254 e. The fourth-order valence-electron chi connectivity index (χ4n) is 4.11. The molecule has 166 valence electrons. The second kappa shape index (κ2) is 8.68. The number of carbonyl (C=O) groups excluding carboxylic acids is 1. The van der Waals surface area contributed by atoms with Gasteiger partial charge >= 0.3 is 0 Å². The number of fused-ring (bicyclic) bond motifs is 3. The molecule has 0 spiro atoms. The molecule has 0 saturated carbocycles. The van der Waals surface area contributed by atoms with Crippen LogP contribution in [-0.2, 0) is 22.3 Å². The van der Waals surface area contributed by atoms with Gasteiger partial charge in [0.2, 0.25) is 0 Å². The predicted octanol–water partition coefficient (Wildman–Crippen LogP) is 1.89. The summed E-state index contributed by atoms with van der Waals surface area (Å²) in [6.07, 6.45) is 5.06. The normalized spacial score (nSPS) is 17.4. The number of hydrogen-bond acceptors (Lipinski definition) is 7. The second-order valence-electron chi connectivity index (χ2n) is 7.90. The van der Waals surface area contributed by atoms with E-state index in [2.05, 4.69) is 21.5 Å². The molecule has 1 saturated heterocycles. The first kappa shape index (κ1) is 20.6. The molecule has 2 aromatic heterocycles. The zero-order valence-electron chi connectivity index (χ0n) is 18.1. The third kappa shape index (κ3) is 3.85. The van der Waals surface area contributed by atoms with Crippen molar-refractivity contribution in [3.8, 4) is 23.0 Å². The Morgan fingerprint density at radius 2 is 2.12 bits per heavy atom. The highest BCUT2D eigenvalue weighted by Gasteiger charge is 2.22. The van der Waals surface area contributed by atoms with Crippen LogP contribution in [0.1, 0.15) is 27.2 Å². The molecule has 3 aromatic rings. The van der Waals surface area contributed by atoms with Crippen LogP contribution in [0.3, 0.4) is 0 Å². The van der Waals surface area contributed by atoms with Crippen molar-refractivity contribution in [2.75, 3.05) is 33.5 Å². The van der Waals surface area contributed by atoms with E-state index in [9.17, 15) is 4.79 Å². The van der Waals surface area contributed by atoms with Gasteiger partial charge in [0.15, 0.2) is 0 Å². The highest BCUT2D eigenvalue weighted by Crippen LogP contribution is 2.34. The van der Waals surface area contributed by atoms with Gasteiger partial charge in [0.05, 0.1) is 56.2 Å². The number of rotatable bonds is 5. The maximum absolute atomic E-state index is 12.7. The van der Waals surface area contributed by atoms with E-state index >= 15 is 0 Å². The van der Waals surface area contributed by atoms with Gasteiger partial charge in [-0.3, -0.25) is 4.79 Å². The summed E-state index contributed by atoms with van der Waals surface area (Å²) in [5.74, 6) is 1.07. The Morgan fingerprint density at radius 1 is 1.25 bits per heavy atom. The zero-order valence-corrected chi connectivity index (χ0v) is 18.1. The highest BCUT2D eigenvalue weighted by molar-refractivity contribution is 5.95. The smallest absolute Gasteiger partial charge is 0.254 e. The summed E-state index contributed by atoms with van der Waals surface area (Å²) in [7, 11) is 1.67. The lowest BCUT2D eigenvalue weighted by atomic mass is 9.90. The lowest BCUT2D eigenvalue weighted by Gasteiger charge is -2.23. The van der Waals surface area contributed by atoms with Gasteiger partial charge in [-0.2, -0.15) is 5.10 Å². The number of aromatic nitrogens is 4. The van der Waals surface area contributed by atoms with Gasteiger partial charge < -0.3 is 19.5 Å². The van der Waals surface area contributed by atoms with Crippen molar-refractivity contribution in [1.82, 2.24) is 25.1 Å². The van der Waals surface area contributed by atoms with Gasteiger partial charge in [0.1, 0.15) is 5.75 Å². The summed E-state index contributed by atoms with van der Waals surface area (Å²) in [6.45, 7) is 3.84. The van der Waals surface area contributed by atoms with Gasteiger partial charge in [0, 0.05) is 18.3 Å². The van der Waals surface area contributed by atoms with Crippen molar-refractivity contribution in [3.63, 3.8) is 0 Å². The van der Waals surface area contributed by atoms with Gasteiger partial charge in [0.25, 0.3) is 11.9 Å². The second-order valence-corrected chi connectivity index (χ2v) is 7.90. The van der Waals surface area contributed by atoms with Crippen molar-refractivity contribution in [1.29, 1.82) is 0 Å². The number of ether oxygens (including phenoxy) is 3. The van der Waals surface area contributed by atoms with E-state index < -0.39 is 0 Å².